The van der Waals surface area contributed by atoms with Crippen molar-refractivity contribution in [3.8, 4) is 0 Å². The first kappa shape index (κ1) is 12.3. The molecule has 4 nitrogen and oxygen atoms in total. The first-order valence-corrected chi connectivity index (χ1v) is 6.23. The van der Waals surface area contributed by atoms with Crippen LogP contribution in [0.3, 0.4) is 0 Å². The summed E-state index contributed by atoms with van der Waals surface area (Å²) in [6.45, 7) is 6.34. The zero-order valence-electron chi connectivity index (χ0n) is 10.8. The zero-order chi connectivity index (χ0) is 12.5. The third-order valence-corrected chi connectivity index (χ3v) is 3.97. The fraction of sp³-hybridized carbons (Fsp3) is 0.692. The van der Waals surface area contributed by atoms with E-state index < -0.39 is 0 Å². The molecule has 0 aromatic carbocycles. The zero-order valence-corrected chi connectivity index (χ0v) is 10.8. The number of nitrogens with one attached hydrogen (secondary N) is 1. The van der Waals surface area contributed by atoms with E-state index in [4.69, 9.17) is 0 Å². The number of aromatic nitrogens is 2. The summed E-state index contributed by atoms with van der Waals surface area (Å²) in [4.78, 5) is 8.73. The molecule has 2 rings (SSSR count). The summed E-state index contributed by atoms with van der Waals surface area (Å²) in [7, 11) is 0. The highest BCUT2D eigenvalue weighted by molar-refractivity contribution is 5.31. The highest BCUT2D eigenvalue weighted by atomic mass is 16.3. The van der Waals surface area contributed by atoms with Crippen molar-refractivity contribution in [2.24, 2.45) is 5.41 Å². The molecule has 1 aliphatic carbocycles. The van der Waals surface area contributed by atoms with E-state index in [9.17, 15) is 5.11 Å². The number of rotatable bonds is 3. The minimum Gasteiger partial charge on any atom is -0.396 e. The summed E-state index contributed by atoms with van der Waals surface area (Å²) in [5, 5.41) is 12.9. The van der Waals surface area contributed by atoms with Gasteiger partial charge in [0.1, 0.15) is 0 Å². The van der Waals surface area contributed by atoms with E-state index in [1.807, 2.05) is 20.0 Å². The predicted molar refractivity (Wildman–Crippen MR) is 68.0 cm³/mol. The van der Waals surface area contributed by atoms with E-state index >= 15 is 0 Å². The Morgan fingerprint density at radius 3 is 2.94 bits per heavy atom. The Bertz CT molecular complexity index is 408. The minimum atomic E-state index is -0.0395. The predicted octanol–water partition coefficient (Wildman–Crippen LogP) is 2.06. The SMILES string of the molecule is Cc1cnc(N[C@H]2CCC[C@]2(C)CO)nc1C. The van der Waals surface area contributed by atoms with Crippen molar-refractivity contribution in [1.29, 1.82) is 0 Å². The number of hydrogen-bond donors (Lipinski definition) is 2. The standard InChI is InChI=1S/C13H21N3O/c1-9-7-14-12(15-10(9)2)16-11-5-4-6-13(11,3)8-17/h7,11,17H,4-6,8H2,1-3H3,(H,14,15,16)/t11-,13+/m0/s1. The van der Waals surface area contributed by atoms with Gasteiger partial charge >= 0.3 is 0 Å². The fourth-order valence-electron chi connectivity index (χ4n) is 2.42. The quantitative estimate of drug-likeness (QED) is 0.842. The van der Waals surface area contributed by atoms with Crippen LogP contribution in [0.25, 0.3) is 0 Å². The third kappa shape index (κ3) is 2.41. The Balaban J connectivity index is 2.12. The highest BCUT2D eigenvalue weighted by Crippen LogP contribution is 2.38. The second kappa shape index (κ2) is 4.61. The summed E-state index contributed by atoms with van der Waals surface area (Å²) in [5.74, 6) is 0.680. The maximum absolute atomic E-state index is 9.49. The van der Waals surface area contributed by atoms with Gasteiger partial charge < -0.3 is 10.4 Å². The number of hydrogen-bond acceptors (Lipinski definition) is 4. The molecule has 1 fully saturated rings. The maximum atomic E-state index is 9.49. The van der Waals surface area contributed by atoms with Gasteiger partial charge in [-0.25, -0.2) is 9.97 Å². The van der Waals surface area contributed by atoms with E-state index in [2.05, 4.69) is 22.2 Å². The van der Waals surface area contributed by atoms with Gasteiger partial charge in [-0.15, -0.1) is 0 Å². The molecular weight excluding hydrogens is 214 g/mol. The molecule has 0 radical (unpaired) electrons. The first-order chi connectivity index (χ1) is 8.05. The van der Waals surface area contributed by atoms with Crippen LogP contribution in [0.4, 0.5) is 5.95 Å². The largest absolute Gasteiger partial charge is 0.396 e. The molecule has 0 spiro atoms. The van der Waals surface area contributed by atoms with Crippen molar-refractivity contribution in [2.45, 2.75) is 46.1 Å². The second-order valence-corrected chi connectivity index (χ2v) is 5.36. The highest BCUT2D eigenvalue weighted by Gasteiger charge is 2.38. The van der Waals surface area contributed by atoms with Gasteiger partial charge in [-0.05, 0) is 32.3 Å². The van der Waals surface area contributed by atoms with Crippen LogP contribution in [-0.4, -0.2) is 27.7 Å². The molecule has 1 heterocycles. The van der Waals surface area contributed by atoms with Crippen molar-refractivity contribution >= 4 is 5.95 Å². The van der Waals surface area contributed by atoms with Crippen molar-refractivity contribution in [3.05, 3.63) is 17.5 Å². The number of aliphatic hydroxyl groups excluding tert-OH is 1. The molecule has 0 saturated heterocycles. The molecule has 1 saturated carbocycles. The van der Waals surface area contributed by atoms with Crippen molar-refractivity contribution < 1.29 is 5.11 Å². The average molecular weight is 235 g/mol. The molecular formula is C13H21N3O. The Morgan fingerprint density at radius 2 is 2.29 bits per heavy atom. The summed E-state index contributed by atoms with van der Waals surface area (Å²) in [6, 6.07) is 0.273. The summed E-state index contributed by atoms with van der Waals surface area (Å²) in [5.41, 5.74) is 2.07. The number of nitrogens with zero attached hydrogens (tertiary/aromatic N) is 2. The van der Waals surface area contributed by atoms with E-state index in [1.54, 1.807) is 0 Å². The van der Waals surface area contributed by atoms with Crippen LogP contribution >= 0.6 is 0 Å². The van der Waals surface area contributed by atoms with E-state index in [1.165, 1.54) is 0 Å². The lowest BCUT2D eigenvalue weighted by atomic mass is 9.86. The molecule has 0 aliphatic heterocycles. The molecule has 1 aliphatic rings. The van der Waals surface area contributed by atoms with Gasteiger partial charge in [0.25, 0.3) is 0 Å². The van der Waals surface area contributed by atoms with Crippen molar-refractivity contribution in [2.75, 3.05) is 11.9 Å². The van der Waals surface area contributed by atoms with Crippen molar-refractivity contribution in [3.63, 3.8) is 0 Å². The topological polar surface area (TPSA) is 58.0 Å². The van der Waals surface area contributed by atoms with Gasteiger partial charge in [0.05, 0.1) is 6.61 Å². The van der Waals surface area contributed by atoms with Crippen LogP contribution in [0.2, 0.25) is 0 Å². The van der Waals surface area contributed by atoms with Crippen LogP contribution in [0.1, 0.15) is 37.4 Å². The van der Waals surface area contributed by atoms with Crippen LogP contribution < -0.4 is 5.32 Å². The third-order valence-electron chi connectivity index (χ3n) is 3.97. The summed E-state index contributed by atoms with van der Waals surface area (Å²) in [6.07, 6.45) is 5.13. The Hall–Kier alpha value is -1.16. The molecule has 2 atom stereocenters. The molecule has 4 heteroatoms. The van der Waals surface area contributed by atoms with Gasteiger partial charge in [0.2, 0.25) is 5.95 Å². The van der Waals surface area contributed by atoms with Crippen LogP contribution in [-0.2, 0) is 0 Å². The lowest BCUT2D eigenvalue weighted by molar-refractivity contribution is 0.138. The molecule has 2 N–H and O–H groups in total. The molecule has 94 valence electrons. The van der Waals surface area contributed by atoms with Gasteiger partial charge in [0, 0.05) is 23.3 Å². The van der Waals surface area contributed by atoms with E-state index in [0.29, 0.717) is 5.95 Å². The lowest BCUT2D eigenvalue weighted by Crippen LogP contribution is -2.37. The number of anilines is 1. The normalized spacial score (nSPS) is 28.4. The fourth-order valence-corrected chi connectivity index (χ4v) is 2.42. The molecule has 0 unspecified atom stereocenters. The van der Waals surface area contributed by atoms with Gasteiger partial charge in [-0.3, -0.25) is 0 Å². The Morgan fingerprint density at radius 1 is 1.53 bits per heavy atom. The lowest BCUT2D eigenvalue weighted by Gasteiger charge is -2.30. The Labute approximate surface area is 102 Å². The first-order valence-electron chi connectivity index (χ1n) is 6.23. The van der Waals surface area contributed by atoms with Crippen LogP contribution in [0, 0.1) is 19.3 Å². The second-order valence-electron chi connectivity index (χ2n) is 5.36. The molecule has 1 aromatic heterocycles. The van der Waals surface area contributed by atoms with Gasteiger partial charge in [-0.2, -0.15) is 0 Å². The molecule has 17 heavy (non-hydrogen) atoms. The van der Waals surface area contributed by atoms with Gasteiger partial charge in [0.15, 0.2) is 0 Å². The summed E-state index contributed by atoms with van der Waals surface area (Å²) < 4.78 is 0. The average Bonchev–Trinajstić information content (AvgIpc) is 2.67. The summed E-state index contributed by atoms with van der Waals surface area (Å²) >= 11 is 0. The van der Waals surface area contributed by atoms with Crippen LogP contribution in [0.15, 0.2) is 6.20 Å². The minimum absolute atomic E-state index is 0.0395. The van der Waals surface area contributed by atoms with Crippen molar-refractivity contribution in [1.82, 2.24) is 9.97 Å². The Kier molecular flexibility index (Phi) is 3.33. The monoisotopic (exact) mass is 235 g/mol. The number of aliphatic hydroxyl groups is 1. The molecule has 0 bridgehead atoms. The van der Waals surface area contributed by atoms with Crippen LogP contribution in [0.5, 0.6) is 0 Å². The van der Waals surface area contributed by atoms with Gasteiger partial charge in [-0.1, -0.05) is 13.3 Å². The smallest absolute Gasteiger partial charge is 0.223 e. The maximum Gasteiger partial charge on any atom is 0.223 e. The molecule has 0 amide bonds. The molecule has 1 aromatic rings. The van der Waals surface area contributed by atoms with E-state index in [0.717, 1.165) is 30.5 Å². The number of aryl methyl sites for hydroxylation is 2. The van der Waals surface area contributed by atoms with E-state index in [-0.39, 0.29) is 18.1 Å².